The van der Waals surface area contributed by atoms with Gasteiger partial charge >= 0.3 is 13.6 Å². The number of carboxylic acids is 1. The third-order valence-corrected chi connectivity index (χ3v) is 2.96. The van der Waals surface area contributed by atoms with Crippen molar-refractivity contribution in [3.63, 3.8) is 0 Å². The Morgan fingerprint density at radius 2 is 2.15 bits per heavy atom. The number of rotatable bonds is 2. The molecule has 0 aliphatic carbocycles. The van der Waals surface area contributed by atoms with E-state index < -0.39 is 24.9 Å². The zero-order valence-electron chi connectivity index (χ0n) is 6.58. The van der Waals surface area contributed by atoms with Gasteiger partial charge in [0.25, 0.3) is 0 Å². The topological polar surface area (TPSA) is 130 Å². The van der Waals surface area contributed by atoms with Crippen molar-refractivity contribution < 1.29 is 29.0 Å². The van der Waals surface area contributed by atoms with Crippen molar-refractivity contribution in [1.82, 2.24) is 0 Å². The zero-order chi connectivity index (χ0) is 10.3. The Hall–Kier alpha value is -0.460. The molecule has 2 atom stereocenters. The lowest BCUT2D eigenvalue weighted by Crippen LogP contribution is -2.48. The Bertz CT molecular complexity index is 274. The van der Waals surface area contributed by atoms with E-state index in [4.69, 9.17) is 20.6 Å². The Morgan fingerprint density at radius 1 is 1.62 bits per heavy atom. The molecular weight excluding hydrogens is 201 g/mol. The summed E-state index contributed by atoms with van der Waals surface area (Å²) in [5.74, 6) is -2.71. The molecular formula is C5H10NO6P. The quantitative estimate of drug-likeness (QED) is 0.417. The van der Waals surface area contributed by atoms with Crippen LogP contribution >= 0.6 is 7.60 Å². The van der Waals surface area contributed by atoms with Crippen molar-refractivity contribution in [2.75, 3.05) is 6.61 Å². The summed E-state index contributed by atoms with van der Waals surface area (Å²) in [6.45, 7) is -0.377. The molecule has 7 nitrogen and oxygen atoms in total. The molecule has 5 N–H and O–H groups in total. The van der Waals surface area contributed by atoms with Gasteiger partial charge in [0.2, 0.25) is 0 Å². The highest BCUT2D eigenvalue weighted by Crippen LogP contribution is 2.48. The molecule has 76 valence electrons. The minimum Gasteiger partial charge on any atom is -0.480 e. The van der Waals surface area contributed by atoms with Gasteiger partial charge < -0.3 is 25.4 Å². The van der Waals surface area contributed by atoms with Gasteiger partial charge in [-0.15, -0.1) is 0 Å². The Balaban J connectivity index is 2.75. The first kappa shape index (κ1) is 10.6. The van der Waals surface area contributed by atoms with Crippen LogP contribution in [0.25, 0.3) is 0 Å². The van der Waals surface area contributed by atoms with Gasteiger partial charge in [0.05, 0.1) is 6.61 Å². The van der Waals surface area contributed by atoms with E-state index in [1.54, 1.807) is 0 Å². The van der Waals surface area contributed by atoms with Gasteiger partial charge in [-0.1, -0.05) is 0 Å². The molecule has 1 aliphatic rings. The number of hydrogen-bond acceptors (Lipinski definition) is 4. The summed E-state index contributed by atoms with van der Waals surface area (Å²) in [5.41, 5.74) is 3.65. The average Bonchev–Trinajstić information content (AvgIpc) is 2.31. The number of ether oxygens (including phenoxy) is 1. The molecule has 1 saturated heterocycles. The van der Waals surface area contributed by atoms with Crippen molar-refractivity contribution in [2.24, 2.45) is 5.73 Å². The molecule has 1 aliphatic heterocycles. The second-order valence-corrected chi connectivity index (χ2v) is 4.77. The molecule has 0 aromatic rings. The van der Waals surface area contributed by atoms with Crippen molar-refractivity contribution in [2.45, 2.75) is 17.8 Å². The molecule has 8 heteroatoms. The summed E-state index contributed by atoms with van der Waals surface area (Å²) in [4.78, 5) is 27.9. The molecule has 0 bridgehead atoms. The summed E-state index contributed by atoms with van der Waals surface area (Å²) in [6, 6.07) is 0. The van der Waals surface area contributed by atoms with Crippen LogP contribution < -0.4 is 5.73 Å². The van der Waals surface area contributed by atoms with Crippen molar-refractivity contribution in [3.8, 4) is 0 Å². The van der Waals surface area contributed by atoms with Crippen LogP contribution in [0.2, 0.25) is 0 Å². The molecule has 0 aromatic carbocycles. The summed E-state index contributed by atoms with van der Waals surface area (Å²) in [6.07, 6.45) is -0.368. The monoisotopic (exact) mass is 211 g/mol. The maximum atomic E-state index is 10.7. The second-order valence-electron chi connectivity index (χ2n) is 3.02. The molecule has 0 amide bonds. The van der Waals surface area contributed by atoms with E-state index in [9.17, 15) is 9.36 Å². The smallest absolute Gasteiger partial charge is 0.354 e. The first-order valence-corrected chi connectivity index (χ1v) is 5.13. The Morgan fingerprint density at radius 3 is 2.38 bits per heavy atom. The number of aliphatic carboxylic acids is 1. The van der Waals surface area contributed by atoms with Gasteiger partial charge in [0, 0.05) is 6.42 Å². The van der Waals surface area contributed by atoms with E-state index in [0.717, 1.165) is 0 Å². The molecule has 1 heterocycles. The van der Waals surface area contributed by atoms with Crippen LogP contribution in [-0.4, -0.2) is 38.9 Å². The maximum absolute atomic E-state index is 10.7. The predicted octanol–water partition coefficient (Wildman–Crippen LogP) is -1.31. The highest BCUT2D eigenvalue weighted by molar-refractivity contribution is 7.52. The van der Waals surface area contributed by atoms with Gasteiger partial charge in [-0.25, -0.2) is 0 Å². The summed E-state index contributed by atoms with van der Waals surface area (Å²) >= 11 is 0. The summed E-state index contributed by atoms with van der Waals surface area (Å²) < 4.78 is 15.3. The van der Waals surface area contributed by atoms with E-state index in [1.807, 2.05) is 0 Å². The van der Waals surface area contributed by atoms with E-state index >= 15 is 0 Å². The van der Waals surface area contributed by atoms with Gasteiger partial charge in [0.1, 0.15) is 5.54 Å². The standard InChI is InChI=1S/C5H10NO6P/c6-5(4(7)8)1-3(12-2-5)13(9,10)11/h3H,1-2,6H2,(H,7,8)(H2,9,10,11). The van der Waals surface area contributed by atoms with Gasteiger partial charge in [-0.2, -0.15) is 0 Å². The molecule has 0 spiro atoms. The van der Waals surface area contributed by atoms with Crippen LogP contribution in [0.15, 0.2) is 0 Å². The van der Waals surface area contributed by atoms with Gasteiger partial charge in [-0.05, 0) is 0 Å². The van der Waals surface area contributed by atoms with Gasteiger partial charge in [-0.3, -0.25) is 9.36 Å². The van der Waals surface area contributed by atoms with Gasteiger partial charge in [0.15, 0.2) is 5.85 Å². The number of carboxylic acid groups (broad SMARTS) is 1. The lowest BCUT2D eigenvalue weighted by molar-refractivity contribution is -0.143. The first-order valence-electron chi connectivity index (χ1n) is 3.45. The van der Waals surface area contributed by atoms with Crippen LogP contribution in [0.4, 0.5) is 0 Å². The minimum atomic E-state index is -4.40. The molecule has 0 saturated carbocycles. The molecule has 1 rings (SSSR count). The lowest BCUT2D eigenvalue weighted by Gasteiger charge is -2.15. The van der Waals surface area contributed by atoms with E-state index in [-0.39, 0.29) is 13.0 Å². The SMILES string of the molecule is NC1(C(=O)O)COC(P(=O)(O)O)C1. The van der Waals surface area contributed by atoms with Crippen molar-refractivity contribution >= 4 is 13.6 Å². The predicted molar refractivity (Wildman–Crippen MR) is 41.0 cm³/mol. The highest BCUT2D eigenvalue weighted by Gasteiger charge is 2.49. The maximum Gasteiger partial charge on any atom is 0.354 e. The zero-order valence-corrected chi connectivity index (χ0v) is 7.48. The third kappa shape index (κ3) is 2.07. The summed E-state index contributed by atoms with van der Waals surface area (Å²) in [7, 11) is -4.40. The third-order valence-electron chi connectivity index (χ3n) is 1.87. The van der Waals surface area contributed by atoms with E-state index in [1.165, 1.54) is 0 Å². The summed E-state index contributed by atoms with van der Waals surface area (Å²) in [5, 5.41) is 8.60. The molecule has 2 unspecified atom stereocenters. The van der Waals surface area contributed by atoms with Crippen LogP contribution in [-0.2, 0) is 14.1 Å². The minimum absolute atomic E-state index is 0.368. The fourth-order valence-electron chi connectivity index (χ4n) is 1.04. The largest absolute Gasteiger partial charge is 0.480 e. The average molecular weight is 211 g/mol. The fraction of sp³-hybridized carbons (Fsp3) is 0.800. The van der Waals surface area contributed by atoms with Crippen LogP contribution in [0.1, 0.15) is 6.42 Å². The van der Waals surface area contributed by atoms with Crippen LogP contribution in [0.5, 0.6) is 0 Å². The van der Waals surface area contributed by atoms with Crippen LogP contribution in [0, 0.1) is 0 Å². The van der Waals surface area contributed by atoms with Crippen LogP contribution in [0.3, 0.4) is 0 Å². The second kappa shape index (κ2) is 3.04. The Kier molecular flexibility index (Phi) is 2.48. The highest BCUT2D eigenvalue weighted by atomic mass is 31.2. The molecule has 0 radical (unpaired) electrons. The number of hydrogen-bond donors (Lipinski definition) is 4. The van der Waals surface area contributed by atoms with Crippen molar-refractivity contribution in [3.05, 3.63) is 0 Å². The molecule has 13 heavy (non-hydrogen) atoms. The normalized spacial score (nSPS) is 34.8. The fourth-order valence-corrected chi connectivity index (χ4v) is 1.87. The number of carbonyl (C=O) groups is 1. The first-order chi connectivity index (χ1) is 5.76. The van der Waals surface area contributed by atoms with Crippen molar-refractivity contribution in [1.29, 1.82) is 0 Å². The number of nitrogens with two attached hydrogens (primary N) is 1. The Labute approximate surface area is 73.7 Å². The lowest BCUT2D eigenvalue weighted by atomic mass is 10.0. The van der Waals surface area contributed by atoms with E-state index in [0.29, 0.717) is 0 Å². The molecule has 1 fully saturated rings. The van der Waals surface area contributed by atoms with E-state index in [2.05, 4.69) is 4.74 Å². The molecule has 0 aromatic heterocycles.